The first-order valence-electron chi connectivity index (χ1n) is 6.30. The van der Waals surface area contributed by atoms with E-state index in [-0.39, 0.29) is 5.91 Å². The monoisotopic (exact) mass is 314 g/mol. The molecule has 3 aromatic rings. The molecule has 3 rings (SSSR count). The summed E-state index contributed by atoms with van der Waals surface area (Å²) < 4.78 is 7.00. The molecule has 8 nitrogen and oxygen atoms in total. The standard InChI is InChI=1S/C13H10N6O2S/c1-8(21-10-4-2-9(6-14)3-5-10)11(20)16-12-18-19-7-15-17-13(19)22-12/h2-5,7-8H,1H3,(H,16,18,20). The van der Waals surface area contributed by atoms with Crippen LogP contribution >= 0.6 is 11.3 Å². The van der Waals surface area contributed by atoms with Crippen LogP contribution in [-0.2, 0) is 4.79 Å². The van der Waals surface area contributed by atoms with Crippen LogP contribution in [0.1, 0.15) is 12.5 Å². The van der Waals surface area contributed by atoms with Gasteiger partial charge < -0.3 is 4.74 Å². The van der Waals surface area contributed by atoms with Crippen LogP contribution in [0.5, 0.6) is 5.75 Å². The van der Waals surface area contributed by atoms with Gasteiger partial charge in [0.05, 0.1) is 11.6 Å². The lowest BCUT2D eigenvalue weighted by molar-refractivity contribution is -0.122. The number of aromatic nitrogens is 4. The van der Waals surface area contributed by atoms with Gasteiger partial charge >= 0.3 is 0 Å². The predicted octanol–water partition coefficient (Wildman–Crippen LogP) is 1.46. The van der Waals surface area contributed by atoms with Gasteiger partial charge in [-0.1, -0.05) is 11.3 Å². The second-order valence-corrected chi connectivity index (χ2v) is 5.31. The number of anilines is 1. The molecular formula is C13H10N6O2S. The molecule has 0 aliphatic rings. The van der Waals surface area contributed by atoms with Gasteiger partial charge in [-0.25, -0.2) is 0 Å². The molecule has 2 heterocycles. The number of nitrogens with one attached hydrogen (secondary N) is 1. The largest absolute Gasteiger partial charge is 0.481 e. The summed E-state index contributed by atoms with van der Waals surface area (Å²) >= 11 is 1.22. The lowest BCUT2D eigenvalue weighted by Crippen LogP contribution is -2.30. The Hall–Kier alpha value is -2.99. The fourth-order valence-electron chi connectivity index (χ4n) is 1.68. The summed E-state index contributed by atoms with van der Waals surface area (Å²) in [6.45, 7) is 1.63. The Labute approximate surface area is 129 Å². The van der Waals surface area contributed by atoms with Gasteiger partial charge in [-0.15, -0.1) is 15.3 Å². The van der Waals surface area contributed by atoms with Gasteiger partial charge in [0, 0.05) is 0 Å². The molecule has 0 bridgehead atoms. The molecule has 0 aliphatic heterocycles. The number of rotatable bonds is 4. The number of benzene rings is 1. The zero-order valence-electron chi connectivity index (χ0n) is 11.4. The lowest BCUT2D eigenvalue weighted by atomic mass is 10.2. The third-order valence-electron chi connectivity index (χ3n) is 2.78. The SMILES string of the molecule is CC(Oc1ccc(C#N)cc1)C(=O)Nc1nn2cnnc2s1. The summed E-state index contributed by atoms with van der Waals surface area (Å²) in [6, 6.07) is 8.56. The minimum absolute atomic E-state index is 0.325. The van der Waals surface area contributed by atoms with Crippen molar-refractivity contribution in [2.75, 3.05) is 5.32 Å². The fourth-order valence-corrected chi connectivity index (χ4v) is 2.41. The topological polar surface area (TPSA) is 105 Å². The van der Waals surface area contributed by atoms with E-state index in [9.17, 15) is 4.79 Å². The highest BCUT2D eigenvalue weighted by Gasteiger charge is 2.17. The Morgan fingerprint density at radius 1 is 1.45 bits per heavy atom. The summed E-state index contributed by atoms with van der Waals surface area (Å²) in [6.07, 6.45) is 0.750. The maximum atomic E-state index is 12.1. The second kappa shape index (κ2) is 5.79. The van der Waals surface area contributed by atoms with Crippen molar-refractivity contribution in [1.82, 2.24) is 19.8 Å². The van der Waals surface area contributed by atoms with E-state index >= 15 is 0 Å². The van der Waals surface area contributed by atoms with Crippen molar-refractivity contribution in [1.29, 1.82) is 5.26 Å². The van der Waals surface area contributed by atoms with Gasteiger partial charge in [0.1, 0.15) is 12.1 Å². The average Bonchev–Trinajstić information content (AvgIpc) is 3.09. The Morgan fingerprint density at radius 2 is 2.23 bits per heavy atom. The van der Waals surface area contributed by atoms with Gasteiger partial charge in [0.15, 0.2) is 6.10 Å². The number of amides is 1. The molecular weight excluding hydrogens is 304 g/mol. The molecule has 1 atom stereocenters. The van der Waals surface area contributed by atoms with Crippen molar-refractivity contribution in [3.8, 4) is 11.8 Å². The first kappa shape index (κ1) is 14.0. The quantitative estimate of drug-likeness (QED) is 0.781. The van der Waals surface area contributed by atoms with Crippen LogP contribution in [0.4, 0.5) is 5.13 Å². The fraction of sp³-hybridized carbons (Fsp3) is 0.154. The average molecular weight is 314 g/mol. The molecule has 9 heteroatoms. The number of fused-ring (bicyclic) bond motifs is 1. The first-order chi connectivity index (χ1) is 10.7. The minimum Gasteiger partial charge on any atom is -0.481 e. The molecule has 0 spiro atoms. The van der Waals surface area contributed by atoms with Crippen LogP contribution in [-0.4, -0.2) is 31.8 Å². The van der Waals surface area contributed by atoms with Crippen molar-refractivity contribution in [2.24, 2.45) is 0 Å². The highest BCUT2D eigenvalue weighted by molar-refractivity contribution is 7.20. The van der Waals surface area contributed by atoms with E-state index < -0.39 is 6.10 Å². The molecule has 1 aromatic carbocycles. The van der Waals surface area contributed by atoms with Gasteiger partial charge in [0.25, 0.3) is 5.91 Å². The zero-order valence-corrected chi connectivity index (χ0v) is 12.2. The number of nitriles is 1. The second-order valence-electron chi connectivity index (χ2n) is 4.35. The lowest BCUT2D eigenvalue weighted by Gasteiger charge is -2.13. The van der Waals surface area contributed by atoms with Crippen molar-refractivity contribution >= 4 is 27.3 Å². The molecule has 110 valence electrons. The van der Waals surface area contributed by atoms with E-state index in [2.05, 4.69) is 20.6 Å². The molecule has 2 aromatic heterocycles. The van der Waals surface area contributed by atoms with E-state index in [1.54, 1.807) is 31.2 Å². The predicted molar refractivity (Wildman–Crippen MR) is 78.5 cm³/mol. The normalized spacial score (nSPS) is 11.8. The molecule has 1 unspecified atom stereocenters. The molecule has 1 N–H and O–H groups in total. The summed E-state index contributed by atoms with van der Waals surface area (Å²) in [7, 11) is 0. The van der Waals surface area contributed by atoms with E-state index in [0.717, 1.165) is 0 Å². The molecule has 0 radical (unpaired) electrons. The van der Waals surface area contributed by atoms with Crippen LogP contribution < -0.4 is 10.1 Å². The molecule has 0 saturated heterocycles. The summed E-state index contributed by atoms with van der Waals surface area (Å²) in [5, 5.41) is 23.5. The van der Waals surface area contributed by atoms with Crippen LogP contribution in [0.25, 0.3) is 4.96 Å². The Morgan fingerprint density at radius 3 is 2.91 bits per heavy atom. The highest BCUT2D eigenvalue weighted by Crippen LogP contribution is 2.18. The number of carbonyl (C=O) groups excluding carboxylic acids is 1. The van der Waals surface area contributed by atoms with E-state index in [1.165, 1.54) is 22.2 Å². The number of ether oxygens (including phenoxy) is 1. The van der Waals surface area contributed by atoms with E-state index in [1.807, 2.05) is 6.07 Å². The Kier molecular flexibility index (Phi) is 3.67. The van der Waals surface area contributed by atoms with Gasteiger partial charge in [-0.3, -0.25) is 10.1 Å². The van der Waals surface area contributed by atoms with E-state index in [0.29, 0.717) is 21.4 Å². The van der Waals surface area contributed by atoms with Crippen LogP contribution in [0.2, 0.25) is 0 Å². The van der Waals surface area contributed by atoms with Crippen molar-refractivity contribution in [3.05, 3.63) is 36.2 Å². The summed E-state index contributed by atoms with van der Waals surface area (Å²) in [5.41, 5.74) is 0.532. The molecule has 22 heavy (non-hydrogen) atoms. The highest BCUT2D eigenvalue weighted by atomic mass is 32.1. The van der Waals surface area contributed by atoms with Crippen molar-refractivity contribution in [2.45, 2.75) is 13.0 Å². The van der Waals surface area contributed by atoms with Crippen molar-refractivity contribution in [3.63, 3.8) is 0 Å². The number of nitrogens with zero attached hydrogens (tertiary/aromatic N) is 5. The van der Waals surface area contributed by atoms with Gasteiger partial charge in [-0.2, -0.15) is 9.78 Å². The molecule has 0 aliphatic carbocycles. The number of carbonyl (C=O) groups is 1. The smallest absolute Gasteiger partial charge is 0.266 e. The molecule has 1 amide bonds. The summed E-state index contributed by atoms with van der Waals surface area (Å²) in [4.78, 5) is 12.7. The number of hydrogen-bond acceptors (Lipinski definition) is 7. The Bertz CT molecular complexity index is 819. The maximum Gasteiger partial charge on any atom is 0.266 e. The summed E-state index contributed by atoms with van der Waals surface area (Å²) in [5.74, 6) is 0.189. The van der Waals surface area contributed by atoms with Gasteiger partial charge in [0.2, 0.25) is 10.1 Å². The molecule has 0 fully saturated rings. The van der Waals surface area contributed by atoms with Crippen LogP contribution in [0, 0.1) is 11.3 Å². The maximum absolute atomic E-state index is 12.1. The van der Waals surface area contributed by atoms with E-state index in [4.69, 9.17) is 10.00 Å². The van der Waals surface area contributed by atoms with Crippen molar-refractivity contribution < 1.29 is 9.53 Å². The van der Waals surface area contributed by atoms with Crippen LogP contribution in [0.3, 0.4) is 0 Å². The first-order valence-corrected chi connectivity index (χ1v) is 7.12. The minimum atomic E-state index is -0.706. The zero-order chi connectivity index (χ0) is 15.5. The van der Waals surface area contributed by atoms with Gasteiger partial charge in [-0.05, 0) is 31.2 Å². The van der Waals surface area contributed by atoms with Crippen LogP contribution in [0.15, 0.2) is 30.6 Å². The number of hydrogen-bond donors (Lipinski definition) is 1. The third-order valence-corrected chi connectivity index (χ3v) is 3.61. The Balaban J connectivity index is 1.63. The third kappa shape index (κ3) is 2.87. The molecule has 0 saturated carbocycles.